The van der Waals surface area contributed by atoms with Gasteiger partial charge in [-0.15, -0.1) is 11.3 Å². The first kappa shape index (κ1) is 13.2. The van der Waals surface area contributed by atoms with E-state index in [1.165, 1.54) is 0 Å². The molecule has 5 nitrogen and oxygen atoms in total. The summed E-state index contributed by atoms with van der Waals surface area (Å²) >= 11 is 1.66. The minimum Gasteiger partial charge on any atom is -0.466 e. The Morgan fingerprint density at radius 3 is 3.20 bits per heavy atom. The highest BCUT2D eigenvalue weighted by molar-refractivity contribution is 7.13. The molecule has 106 valence electrons. The molecule has 0 fully saturated rings. The van der Waals surface area contributed by atoms with E-state index in [9.17, 15) is 4.79 Å². The van der Waals surface area contributed by atoms with Gasteiger partial charge in [0.15, 0.2) is 0 Å². The summed E-state index contributed by atoms with van der Waals surface area (Å²) in [5.74, 6) is 0.603. The molecule has 3 heterocycles. The first-order valence-corrected chi connectivity index (χ1v) is 7.62. The Kier molecular flexibility index (Phi) is 3.48. The number of carbonyl (C=O) groups is 1. The molecule has 0 aliphatic carbocycles. The maximum absolute atomic E-state index is 12.0. The molecule has 3 rings (SSSR count). The quantitative estimate of drug-likeness (QED) is 0.884. The van der Waals surface area contributed by atoms with E-state index in [-0.39, 0.29) is 17.9 Å². The van der Waals surface area contributed by atoms with Gasteiger partial charge in [0.25, 0.3) is 0 Å². The van der Waals surface area contributed by atoms with Crippen LogP contribution >= 0.6 is 11.3 Å². The SMILES string of the molecule is CCOC(=O)C1CNc2cc(-c3cccs3)nn2C1C. The highest BCUT2D eigenvalue weighted by Gasteiger charge is 2.33. The summed E-state index contributed by atoms with van der Waals surface area (Å²) in [5.41, 5.74) is 0.943. The molecule has 0 radical (unpaired) electrons. The fraction of sp³-hybridized carbons (Fsp3) is 0.429. The lowest BCUT2D eigenvalue weighted by Gasteiger charge is -2.29. The molecule has 2 aromatic rings. The number of carbonyl (C=O) groups excluding carboxylic acids is 1. The van der Waals surface area contributed by atoms with Crippen molar-refractivity contribution in [3.8, 4) is 10.6 Å². The summed E-state index contributed by atoms with van der Waals surface area (Å²) in [6.07, 6.45) is 0. The minimum absolute atomic E-state index is 0.000915. The largest absolute Gasteiger partial charge is 0.466 e. The van der Waals surface area contributed by atoms with Gasteiger partial charge in [-0.1, -0.05) is 6.07 Å². The third kappa shape index (κ3) is 2.20. The van der Waals surface area contributed by atoms with Gasteiger partial charge in [-0.3, -0.25) is 4.79 Å². The zero-order chi connectivity index (χ0) is 14.1. The van der Waals surface area contributed by atoms with E-state index < -0.39 is 0 Å². The predicted octanol–water partition coefficient (Wildman–Crippen LogP) is 2.78. The van der Waals surface area contributed by atoms with E-state index in [1.807, 2.05) is 42.1 Å². The molecule has 2 unspecified atom stereocenters. The molecule has 0 bridgehead atoms. The maximum Gasteiger partial charge on any atom is 0.312 e. The Bertz CT molecular complexity index is 606. The van der Waals surface area contributed by atoms with E-state index in [2.05, 4.69) is 10.4 Å². The van der Waals surface area contributed by atoms with Gasteiger partial charge in [-0.25, -0.2) is 4.68 Å². The lowest BCUT2D eigenvalue weighted by molar-refractivity contribution is -0.149. The Morgan fingerprint density at radius 1 is 1.65 bits per heavy atom. The van der Waals surface area contributed by atoms with Crippen molar-refractivity contribution in [2.45, 2.75) is 19.9 Å². The van der Waals surface area contributed by atoms with Gasteiger partial charge in [0.1, 0.15) is 11.5 Å². The molecule has 0 aromatic carbocycles. The van der Waals surface area contributed by atoms with Crippen LogP contribution in [0.15, 0.2) is 23.6 Å². The molecule has 0 saturated carbocycles. The first-order chi connectivity index (χ1) is 9.70. The van der Waals surface area contributed by atoms with Crippen LogP contribution in [0.1, 0.15) is 19.9 Å². The Balaban J connectivity index is 1.88. The maximum atomic E-state index is 12.0. The average Bonchev–Trinajstić information content (AvgIpc) is 3.08. The van der Waals surface area contributed by atoms with Gasteiger partial charge >= 0.3 is 5.97 Å². The summed E-state index contributed by atoms with van der Waals surface area (Å²) < 4.78 is 7.02. The Hall–Kier alpha value is -1.82. The van der Waals surface area contributed by atoms with E-state index in [1.54, 1.807) is 11.3 Å². The van der Waals surface area contributed by atoms with E-state index in [0.717, 1.165) is 16.4 Å². The molecule has 1 aliphatic rings. The van der Waals surface area contributed by atoms with Gasteiger partial charge in [0.2, 0.25) is 0 Å². The van der Waals surface area contributed by atoms with Crippen molar-refractivity contribution in [1.29, 1.82) is 0 Å². The number of rotatable bonds is 3. The third-order valence-corrected chi connectivity index (χ3v) is 4.46. The van der Waals surface area contributed by atoms with Crippen molar-refractivity contribution in [2.24, 2.45) is 5.92 Å². The van der Waals surface area contributed by atoms with Gasteiger partial charge in [-0.05, 0) is 25.3 Å². The van der Waals surface area contributed by atoms with Crippen molar-refractivity contribution in [1.82, 2.24) is 9.78 Å². The van der Waals surface area contributed by atoms with Gasteiger partial charge in [0, 0.05) is 12.6 Å². The van der Waals surface area contributed by atoms with Crippen LogP contribution in [0.5, 0.6) is 0 Å². The molecule has 6 heteroatoms. The Morgan fingerprint density at radius 2 is 2.50 bits per heavy atom. The van der Waals surface area contributed by atoms with E-state index >= 15 is 0 Å². The van der Waals surface area contributed by atoms with Crippen molar-refractivity contribution in [3.05, 3.63) is 23.6 Å². The van der Waals surface area contributed by atoms with Crippen molar-refractivity contribution in [3.63, 3.8) is 0 Å². The summed E-state index contributed by atoms with van der Waals surface area (Å²) in [5, 5.41) is 9.93. The number of nitrogens with zero attached hydrogens (tertiary/aromatic N) is 2. The lowest BCUT2D eigenvalue weighted by atomic mass is 10.00. The topological polar surface area (TPSA) is 56.1 Å². The lowest BCUT2D eigenvalue weighted by Crippen LogP contribution is -2.37. The second kappa shape index (κ2) is 5.28. The number of esters is 1. The fourth-order valence-corrected chi connectivity index (χ4v) is 3.15. The first-order valence-electron chi connectivity index (χ1n) is 6.74. The number of hydrogen-bond acceptors (Lipinski definition) is 5. The van der Waals surface area contributed by atoms with Crippen molar-refractivity contribution >= 4 is 23.1 Å². The smallest absolute Gasteiger partial charge is 0.312 e. The molecular formula is C14H17N3O2S. The molecule has 1 N–H and O–H groups in total. The zero-order valence-corrected chi connectivity index (χ0v) is 12.3. The molecule has 0 saturated heterocycles. The number of thiophene rings is 1. The van der Waals surface area contributed by atoms with Gasteiger partial charge < -0.3 is 10.1 Å². The number of ether oxygens (including phenoxy) is 1. The van der Waals surface area contributed by atoms with Crippen LogP contribution in [0.4, 0.5) is 5.82 Å². The van der Waals surface area contributed by atoms with Crippen LogP contribution in [0.2, 0.25) is 0 Å². The predicted molar refractivity (Wildman–Crippen MR) is 78.9 cm³/mol. The number of nitrogens with one attached hydrogen (secondary N) is 1. The number of fused-ring (bicyclic) bond motifs is 1. The Labute approximate surface area is 121 Å². The van der Waals surface area contributed by atoms with Crippen molar-refractivity contribution in [2.75, 3.05) is 18.5 Å². The number of aromatic nitrogens is 2. The molecule has 20 heavy (non-hydrogen) atoms. The second-order valence-electron chi connectivity index (χ2n) is 4.82. The fourth-order valence-electron chi connectivity index (χ4n) is 2.47. The highest BCUT2D eigenvalue weighted by Crippen LogP contribution is 2.33. The molecule has 2 atom stereocenters. The summed E-state index contributed by atoms with van der Waals surface area (Å²) in [7, 11) is 0. The monoisotopic (exact) mass is 291 g/mol. The van der Waals surface area contributed by atoms with Crippen molar-refractivity contribution < 1.29 is 9.53 Å². The summed E-state index contributed by atoms with van der Waals surface area (Å²) in [4.78, 5) is 13.1. The van der Waals surface area contributed by atoms with Crippen LogP contribution in [-0.4, -0.2) is 28.9 Å². The average molecular weight is 291 g/mol. The van der Waals surface area contributed by atoms with Crippen LogP contribution < -0.4 is 5.32 Å². The van der Waals surface area contributed by atoms with Gasteiger partial charge in [0.05, 0.1) is 23.4 Å². The molecular weight excluding hydrogens is 274 g/mol. The number of anilines is 1. The van der Waals surface area contributed by atoms with Gasteiger partial charge in [-0.2, -0.15) is 5.10 Å². The minimum atomic E-state index is -0.196. The third-order valence-electron chi connectivity index (χ3n) is 3.57. The molecule has 1 aliphatic heterocycles. The summed E-state index contributed by atoms with van der Waals surface area (Å²) in [6.45, 7) is 4.84. The summed E-state index contributed by atoms with van der Waals surface area (Å²) in [6, 6.07) is 6.09. The van der Waals surface area contributed by atoms with E-state index in [4.69, 9.17) is 4.74 Å². The van der Waals surface area contributed by atoms with Crippen LogP contribution in [0.25, 0.3) is 10.6 Å². The second-order valence-corrected chi connectivity index (χ2v) is 5.76. The van der Waals surface area contributed by atoms with E-state index in [0.29, 0.717) is 13.2 Å². The number of hydrogen-bond donors (Lipinski definition) is 1. The van der Waals surface area contributed by atoms with Crippen LogP contribution in [0, 0.1) is 5.92 Å². The molecule has 0 spiro atoms. The highest BCUT2D eigenvalue weighted by atomic mass is 32.1. The standard InChI is InChI=1S/C14H17N3O2S/c1-3-19-14(18)10-8-15-13-7-11(12-5-4-6-20-12)16-17(13)9(10)2/h4-7,9-10,15H,3,8H2,1-2H3. The molecule has 0 amide bonds. The molecule has 2 aromatic heterocycles. The van der Waals surface area contributed by atoms with Crippen LogP contribution in [0.3, 0.4) is 0 Å². The van der Waals surface area contributed by atoms with Crippen LogP contribution in [-0.2, 0) is 9.53 Å². The zero-order valence-electron chi connectivity index (χ0n) is 11.5. The normalized spacial score (nSPS) is 21.1.